The lowest BCUT2D eigenvalue weighted by molar-refractivity contribution is 0.136. The predicted octanol–water partition coefficient (Wildman–Crippen LogP) is 0.475. The summed E-state index contributed by atoms with van der Waals surface area (Å²) in [7, 11) is -3.15. The summed E-state index contributed by atoms with van der Waals surface area (Å²) in [4.78, 5) is 0. The quantitative estimate of drug-likeness (QED) is 0.626. The molecule has 0 bridgehead atoms. The van der Waals surface area contributed by atoms with Crippen molar-refractivity contribution in [3.8, 4) is 0 Å². The Morgan fingerprint density at radius 1 is 1.29 bits per heavy atom. The Morgan fingerprint density at radius 2 is 2.00 bits per heavy atom. The van der Waals surface area contributed by atoms with Crippen LogP contribution in [-0.4, -0.2) is 46.5 Å². The van der Waals surface area contributed by atoms with Crippen LogP contribution in [0.4, 0.5) is 0 Å². The van der Waals surface area contributed by atoms with Gasteiger partial charge in [-0.1, -0.05) is 13.3 Å². The summed E-state index contributed by atoms with van der Waals surface area (Å²) in [6.07, 6.45) is 3.53. The summed E-state index contributed by atoms with van der Waals surface area (Å²) in [5.41, 5.74) is 0. The van der Waals surface area contributed by atoms with Crippen LogP contribution in [0.3, 0.4) is 0 Å². The van der Waals surface area contributed by atoms with Crippen LogP contribution >= 0.6 is 0 Å². The number of ether oxygens (including phenoxy) is 1. The highest BCUT2D eigenvalue weighted by molar-refractivity contribution is 7.90. The van der Waals surface area contributed by atoms with E-state index in [4.69, 9.17) is 4.74 Å². The zero-order valence-corrected chi connectivity index (χ0v) is 11.4. The molecule has 1 aliphatic heterocycles. The monoisotopic (exact) mass is 264 g/mol. The Kier molecular flexibility index (Phi) is 7.03. The first kappa shape index (κ1) is 14.9. The van der Waals surface area contributed by atoms with Crippen LogP contribution < -0.4 is 10.0 Å². The second-order valence-corrected chi connectivity index (χ2v) is 6.40. The maximum atomic E-state index is 11.9. The molecule has 0 atom stereocenters. The van der Waals surface area contributed by atoms with Crippen LogP contribution in [0.2, 0.25) is 0 Å². The number of unbranched alkanes of at least 4 members (excludes halogenated alkanes) is 1. The first-order valence-corrected chi connectivity index (χ1v) is 7.98. The summed E-state index contributed by atoms with van der Waals surface area (Å²) in [5.74, 6) is 0. The molecule has 17 heavy (non-hydrogen) atoms. The molecular formula is C11H24N2O3S. The van der Waals surface area contributed by atoms with Crippen LogP contribution in [0.5, 0.6) is 0 Å². The lowest BCUT2D eigenvalue weighted by Gasteiger charge is -2.22. The van der Waals surface area contributed by atoms with Crippen molar-refractivity contribution in [2.45, 2.75) is 37.9 Å². The number of rotatable bonds is 8. The lowest BCUT2D eigenvalue weighted by atomic mass is 10.2. The molecule has 1 aliphatic rings. The van der Waals surface area contributed by atoms with Crippen LogP contribution in [0.1, 0.15) is 32.6 Å². The van der Waals surface area contributed by atoms with Crippen molar-refractivity contribution in [1.29, 1.82) is 0 Å². The van der Waals surface area contributed by atoms with Gasteiger partial charge in [-0.3, -0.25) is 0 Å². The third-order valence-corrected chi connectivity index (χ3v) is 4.87. The summed E-state index contributed by atoms with van der Waals surface area (Å²) >= 11 is 0. The van der Waals surface area contributed by atoms with E-state index < -0.39 is 10.0 Å². The summed E-state index contributed by atoms with van der Waals surface area (Å²) in [5, 5.41) is 2.92. The fourth-order valence-corrected chi connectivity index (χ4v) is 3.29. The molecule has 102 valence electrons. The zero-order chi connectivity index (χ0) is 12.6. The van der Waals surface area contributed by atoms with Gasteiger partial charge in [0.2, 0.25) is 10.0 Å². The number of nitrogens with one attached hydrogen (secondary N) is 2. The molecule has 0 aromatic heterocycles. The third-order valence-electron chi connectivity index (χ3n) is 2.92. The van der Waals surface area contributed by atoms with Crippen LogP contribution in [0, 0.1) is 0 Å². The van der Waals surface area contributed by atoms with E-state index in [-0.39, 0.29) is 5.25 Å². The van der Waals surface area contributed by atoms with Crippen LogP contribution in [0.25, 0.3) is 0 Å². The smallest absolute Gasteiger partial charge is 0.214 e. The summed E-state index contributed by atoms with van der Waals surface area (Å²) in [6, 6.07) is 0. The van der Waals surface area contributed by atoms with Crippen molar-refractivity contribution in [2.24, 2.45) is 0 Å². The average Bonchev–Trinajstić information content (AvgIpc) is 2.35. The predicted molar refractivity (Wildman–Crippen MR) is 68.5 cm³/mol. The van der Waals surface area contributed by atoms with Crippen LogP contribution in [0.15, 0.2) is 0 Å². The molecule has 0 aromatic rings. The van der Waals surface area contributed by atoms with Gasteiger partial charge in [0.1, 0.15) is 0 Å². The molecule has 1 saturated heterocycles. The molecule has 0 aliphatic carbocycles. The van der Waals surface area contributed by atoms with E-state index in [1.807, 2.05) is 0 Å². The maximum Gasteiger partial charge on any atom is 0.214 e. The zero-order valence-electron chi connectivity index (χ0n) is 10.6. The van der Waals surface area contributed by atoms with Gasteiger partial charge in [-0.05, 0) is 32.4 Å². The third kappa shape index (κ3) is 5.81. The Balaban J connectivity index is 2.15. The van der Waals surface area contributed by atoms with E-state index in [1.165, 1.54) is 0 Å². The molecule has 0 unspecified atom stereocenters. The molecule has 0 aromatic carbocycles. The molecule has 0 saturated carbocycles. The van der Waals surface area contributed by atoms with Gasteiger partial charge in [-0.15, -0.1) is 0 Å². The number of hydrogen-bond acceptors (Lipinski definition) is 4. The minimum Gasteiger partial charge on any atom is -0.380 e. The molecule has 1 rings (SSSR count). The number of hydrogen-bond donors (Lipinski definition) is 2. The van der Waals surface area contributed by atoms with Gasteiger partial charge in [0.05, 0.1) is 11.9 Å². The molecular weight excluding hydrogens is 240 g/mol. The van der Waals surface area contributed by atoms with Crippen molar-refractivity contribution >= 4 is 10.0 Å². The highest BCUT2D eigenvalue weighted by Crippen LogP contribution is 2.11. The molecule has 5 nitrogen and oxygen atoms in total. The van der Waals surface area contributed by atoms with Gasteiger partial charge in [-0.2, -0.15) is 0 Å². The molecule has 0 amide bonds. The van der Waals surface area contributed by atoms with Gasteiger partial charge in [0, 0.05) is 13.2 Å². The minimum atomic E-state index is -3.15. The molecule has 2 N–H and O–H groups in total. The largest absolute Gasteiger partial charge is 0.380 e. The second-order valence-electron chi connectivity index (χ2n) is 4.35. The molecule has 1 fully saturated rings. The van der Waals surface area contributed by atoms with E-state index in [1.54, 1.807) is 0 Å². The fraction of sp³-hybridized carbons (Fsp3) is 1.00. The normalized spacial score (nSPS) is 18.4. The van der Waals surface area contributed by atoms with E-state index in [0.29, 0.717) is 32.6 Å². The Bertz CT molecular complexity index is 287. The highest BCUT2D eigenvalue weighted by Gasteiger charge is 2.26. The minimum absolute atomic E-state index is 0.237. The standard InChI is InChI=1S/C11H24N2O3S/c1-2-3-9-16-10-8-13-17(14,15)11-4-6-12-7-5-11/h11-13H,2-10H2,1H3. The SMILES string of the molecule is CCCCOCCNS(=O)(=O)C1CCNCC1. The van der Waals surface area contributed by atoms with Crippen LogP contribution in [-0.2, 0) is 14.8 Å². The van der Waals surface area contributed by atoms with Gasteiger partial charge in [0.25, 0.3) is 0 Å². The second kappa shape index (κ2) is 8.02. The van der Waals surface area contributed by atoms with Gasteiger partial charge in [-0.25, -0.2) is 13.1 Å². The maximum absolute atomic E-state index is 11.9. The fourth-order valence-electron chi connectivity index (χ4n) is 1.83. The van der Waals surface area contributed by atoms with E-state index in [2.05, 4.69) is 17.0 Å². The first-order valence-electron chi connectivity index (χ1n) is 6.43. The summed E-state index contributed by atoms with van der Waals surface area (Å²) < 4.78 is 31.7. The Labute approximate surface area is 104 Å². The average molecular weight is 264 g/mol. The first-order chi connectivity index (χ1) is 8.17. The molecule has 0 radical (unpaired) electrons. The molecule has 1 heterocycles. The molecule has 0 spiro atoms. The topological polar surface area (TPSA) is 67.4 Å². The van der Waals surface area contributed by atoms with Crippen molar-refractivity contribution in [3.05, 3.63) is 0 Å². The highest BCUT2D eigenvalue weighted by atomic mass is 32.2. The van der Waals surface area contributed by atoms with Gasteiger partial charge >= 0.3 is 0 Å². The van der Waals surface area contributed by atoms with Crippen molar-refractivity contribution in [3.63, 3.8) is 0 Å². The molecule has 6 heteroatoms. The lowest BCUT2D eigenvalue weighted by Crippen LogP contribution is -2.42. The Hall–Kier alpha value is -0.170. The van der Waals surface area contributed by atoms with E-state index >= 15 is 0 Å². The van der Waals surface area contributed by atoms with Gasteiger partial charge in [0.15, 0.2) is 0 Å². The van der Waals surface area contributed by atoms with Crippen molar-refractivity contribution in [1.82, 2.24) is 10.0 Å². The summed E-state index contributed by atoms with van der Waals surface area (Å²) in [6.45, 7) is 5.24. The van der Waals surface area contributed by atoms with Crippen molar-refractivity contribution in [2.75, 3.05) is 32.8 Å². The number of piperidine rings is 1. The Morgan fingerprint density at radius 3 is 2.65 bits per heavy atom. The van der Waals surface area contributed by atoms with Gasteiger partial charge < -0.3 is 10.1 Å². The van der Waals surface area contributed by atoms with E-state index in [9.17, 15) is 8.42 Å². The number of sulfonamides is 1. The van der Waals surface area contributed by atoms with E-state index in [0.717, 1.165) is 25.9 Å². The van der Waals surface area contributed by atoms with Crippen molar-refractivity contribution < 1.29 is 13.2 Å².